The molecule has 0 fully saturated rings. The van der Waals surface area contributed by atoms with Crippen LogP contribution in [0.3, 0.4) is 0 Å². The molecule has 2 heterocycles. The van der Waals surface area contributed by atoms with Crippen molar-refractivity contribution in [3.05, 3.63) is 59.6 Å². The highest BCUT2D eigenvalue weighted by molar-refractivity contribution is 6.04. The van der Waals surface area contributed by atoms with Crippen LogP contribution in [0.2, 0.25) is 0 Å². The molecule has 1 aromatic carbocycles. The van der Waals surface area contributed by atoms with Crippen LogP contribution in [0.4, 0.5) is 14.5 Å². The molecule has 1 amide bonds. The van der Waals surface area contributed by atoms with E-state index in [2.05, 4.69) is 10.3 Å². The third kappa shape index (κ3) is 2.80. The second kappa shape index (κ2) is 6.27. The molecule has 124 valence electrons. The number of hydrogen-bond acceptors (Lipinski definition) is 3. The molecule has 1 N–H and O–H groups in total. The largest absolute Gasteiger partial charge is 0.490 e. The molecule has 0 atom stereocenters. The number of nitrogens with zero attached hydrogens (tertiary/aromatic N) is 2. The van der Waals surface area contributed by atoms with Crippen molar-refractivity contribution in [1.82, 2.24) is 9.38 Å². The molecule has 7 heteroatoms. The van der Waals surface area contributed by atoms with Crippen LogP contribution in [0.25, 0.3) is 5.65 Å². The number of anilines is 1. The third-order valence-corrected chi connectivity index (χ3v) is 3.48. The summed E-state index contributed by atoms with van der Waals surface area (Å²) in [6.45, 7) is 3.97. The Morgan fingerprint density at radius 1 is 1.33 bits per heavy atom. The van der Waals surface area contributed by atoms with Crippen LogP contribution in [0.1, 0.15) is 23.1 Å². The summed E-state index contributed by atoms with van der Waals surface area (Å²) in [5.41, 5.74) is 0.948. The molecule has 0 saturated carbocycles. The van der Waals surface area contributed by atoms with Crippen molar-refractivity contribution >= 4 is 17.2 Å². The van der Waals surface area contributed by atoms with Crippen molar-refractivity contribution in [2.45, 2.75) is 13.8 Å². The molecule has 3 aromatic rings. The van der Waals surface area contributed by atoms with E-state index >= 15 is 0 Å². The number of hydrogen-bond donors (Lipinski definition) is 1. The van der Waals surface area contributed by atoms with E-state index in [4.69, 9.17) is 4.74 Å². The van der Waals surface area contributed by atoms with E-state index in [1.54, 1.807) is 29.7 Å². The molecule has 0 radical (unpaired) electrons. The Morgan fingerprint density at radius 2 is 2.12 bits per heavy atom. The van der Waals surface area contributed by atoms with Crippen molar-refractivity contribution in [2.24, 2.45) is 0 Å². The monoisotopic (exact) mass is 331 g/mol. The van der Waals surface area contributed by atoms with Gasteiger partial charge in [0.1, 0.15) is 17.3 Å². The Labute approximate surface area is 136 Å². The zero-order chi connectivity index (χ0) is 17.3. The average molecular weight is 331 g/mol. The van der Waals surface area contributed by atoms with E-state index in [1.807, 2.05) is 6.92 Å². The highest BCUT2D eigenvalue weighted by Crippen LogP contribution is 2.23. The van der Waals surface area contributed by atoms with Gasteiger partial charge in [0.25, 0.3) is 5.91 Å². The maximum absolute atomic E-state index is 13.7. The number of nitrogens with one attached hydrogen (secondary N) is 1. The molecule has 0 saturated heterocycles. The summed E-state index contributed by atoms with van der Waals surface area (Å²) in [6, 6.07) is 6.34. The van der Waals surface area contributed by atoms with Crippen LogP contribution < -0.4 is 10.1 Å². The Bertz CT molecular complexity index is 922. The van der Waals surface area contributed by atoms with Crippen molar-refractivity contribution in [3.63, 3.8) is 0 Å². The fraction of sp³-hybridized carbons (Fsp3) is 0.176. The standard InChI is InChI=1S/C17H15F2N3O2/c1-3-24-14-5-4-8-22-15(10(2)20-16(14)22)17(23)21-13-9-11(18)6-7-12(13)19/h4-9H,3H2,1-2H3,(H,21,23). The smallest absolute Gasteiger partial charge is 0.274 e. The molecular weight excluding hydrogens is 316 g/mol. The molecule has 24 heavy (non-hydrogen) atoms. The van der Waals surface area contributed by atoms with Crippen molar-refractivity contribution in [2.75, 3.05) is 11.9 Å². The first-order chi connectivity index (χ1) is 11.5. The van der Waals surface area contributed by atoms with Gasteiger partial charge >= 0.3 is 0 Å². The van der Waals surface area contributed by atoms with Crippen LogP contribution in [0.5, 0.6) is 5.75 Å². The first-order valence-electron chi connectivity index (χ1n) is 7.38. The summed E-state index contributed by atoms with van der Waals surface area (Å²) in [5, 5.41) is 2.38. The second-order valence-electron chi connectivity index (χ2n) is 5.12. The first-order valence-corrected chi connectivity index (χ1v) is 7.38. The van der Waals surface area contributed by atoms with E-state index < -0.39 is 17.5 Å². The number of carbonyl (C=O) groups excluding carboxylic acids is 1. The van der Waals surface area contributed by atoms with Crippen LogP contribution in [0.15, 0.2) is 36.5 Å². The minimum atomic E-state index is -0.716. The average Bonchev–Trinajstić information content (AvgIpc) is 2.88. The SMILES string of the molecule is CCOc1cccn2c(C(=O)Nc3cc(F)ccc3F)c(C)nc12. The lowest BCUT2D eigenvalue weighted by atomic mass is 10.2. The molecule has 5 nitrogen and oxygen atoms in total. The number of aryl methyl sites for hydroxylation is 1. The summed E-state index contributed by atoms with van der Waals surface area (Å²) in [5.74, 6) is -1.40. The molecular formula is C17H15F2N3O2. The van der Waals surface area contributed by atoms with Gasteiger partial charge in [-0.05, 0) is 38.1 Å². The highest BCUT2D eigenvalue weighted by atomic mass is 19.1. The summed E-state index contributed by atoms with van der Waals surface area (Å²) in [6.07, 6.45) is 1.66. The molecule has 3 rings (SSSR count). The number of ether oxygens (including phenoxy) is 1. The number of pyridine rings is 1. The summed E-state index contributed by atoms with van der Waals surface area (Å²) in [4.78, 5) is 16.9. The van der Waals surface area contributed by atoms with Crippen LogP contribution in [-0.4, -0.2) is 21.9 Å². The number of carbonyl (C=O) groups is 1. The van der Waals surface area contributed by atoms with Gasteiger partial charge in [0.15, 0.2) is 11.4 Å². The number of halogens is 2. The number of benzene rings is 1. The molecule has 0 unspecified atom stereocenters. The van der Waals surface area contributed by atoms with Crippen molar-refractivity contribution in [1.29, 1.82) is 0 Å². The zero-order valence-electron chi connectivity index (χ0n) is 13.1. The summed E-state index contributed by atoms with van der Waals surface area (Å²) in [7, 11) is 0. The third-order valence-electron chi connectivity index (χ3n) is 3.48. The van der Waals surface area contributed by atoms with Gasteiger partial charge in [0.05, 0.1) is 18.0 Å². The van der Waals surface area contributed by atoms with E-state index in [-0.39, 0.29) is 11.4 Å². The maximum Gasteiger partial charge on any atom is 0.274 e. The van der Waals surface area contributed by atoms with Crippen LogP contribution in [-0.2, 0) is 0 Å². The van der Waals surface area contributed by atoms with Crippen molar-refractivity contribution < 1.29 is 18.3 Å². The van der Waals surface area contributed by atoms with Gasteiger partial charge in [-0.2, -0.15) is 0 Å². The predicted octanol–water partition coefficient (Wildman–Crippen LogP) is 3.57. The summed E-state index contributed by atoms with van der Waals surface area (Å²) >= 11 is 0. The lowest BCUT2D eigenvalue weighted by molar-refractivity contribution is 0.102. The minimum Gasteiger partial charge on any atom is -0.490 e. The van der Waals surface area contributed by atoms with E-state index in [0.717, 1.165) is 18.2 Å². The topological polar surface area (TPSA) is 55.6 Å². The molecule has 0 aliphatic heterocycles. The second-order valence-corrected chi connectivity index (χ2v) is 5.12. The zero-order valence-corrected chi connectivity index (χ0v) is 13.1. The van der Waals surface area contributed by atoms with Gasteiger partial charge in [-0.1, -0.05) is 0 Å². The molecule has 2 aromatic heterocycles. The number of fused-ring (bicyclic) bond motifs is 1. The van der Waals surface area contributed by atoms with E-state index in [9.17, 15) is 13.6 Å². The predicted molar refractivity (Wildman–Crippen MR) is 85.4 cm³/mol. The van der Waals surface area contributed by atoms with Gasteiger partial charge in [-0.25, -0.2) is 13.8 Å². The Balaban J connectivity index is 2.02. The number of aromatic nitrogens is 2. The normalized spacial score (nSPS) is 10.8. The summed E-state index contributed by atoms with van der Waals surface area (Å²) < 4.78 is 34.0. The van der Waals surface area contributed by atoms with Crippen molar-refractivity contribution in [3.8, 4) is 5.75 Å². The fourth-order valence-corrected chi connectivity index (χ4v) is 2.47. The Hall–Kier alpha value is -2.96. The highest BCUT2D eigenvalue weighted by Gasteiger charge is 2.20. The quantitative estimate of drug-likeness (QED) is 0.795. The number of amides is 1. The maximum atomic E-state index is 13.7. The van der Waals surface area contributed by atoms with Gasteiger partial charge in [-0.3, -0.25) is 9.20 Å². The van der Waals surface area contributed by atoms with Gasteiger partial charge in [-0.15, -0.1) is 0 Å². The van der Waals surface area contributed by atoms with Gasteiger partial charge in [0.2, 0.25) is 0 Å². The Kier molecular flexibility index (Phi) is 4.16. The molecule has 0 bridgehead atoms. The fourth-order valence-electron chi connectivity index (χ4n) is 2.47. The lowest BCUT2D eigenvalue weighted by Gasteiger charge is -2.08. The Morgan fingerprint density at radius 3 is 2.88 bits per heavy atom. The molecule has 0 aliphatic carbocycles. The lowest BCUT2D eigenvalue weighted by Crippen LogP contribution is -2.16. The first kappa shape index (κ1) is 15.9. The van der Waals surface area contributed by atoms with E-state index in [1.165, 1.54) is 0 Å². The number of imidazole rings is 1. The number of rotatable bonds is 4. The molecule has 0 spiro atoms. The molecule has 0 aliphatic rings. The van der Waals surface area contributed by atoms with Crippen LogP contribution >= 0.6 is 0 Å². The van der Waals surface area contributed by atoms with Gasteiger partial charge in [0, 0.05) is 12.3 Å². The van der Waals surface area contributed by atoms with Crippen LogP contribution in [0, 0.1) is 18.6 Å². The minimum absolute atomic E-state index is 0.227. The van der Waals surface area contributed by atoms with Gasteiger partial charge < -0.3 is 10.1 Å². The van der Waals surface area contributed by atoms with E-state index in [0.29, 0.717) is 23.7 Å².